The van der Waals surface area contributed by atoms with Crippen molar-refractivity contribution in [3.63, 3.8) is 0 Å². The zero-order valence-electron chi connectivity index (χ0n) is 20.0. The third-order valence-electron chi connectivity index (χ3n) is 5.48. The SMILES string of the molecule is CC(=O)NCCOc1ccc(C[C@H](NC(=O)[C@@H]2CCCN2S(=O)c2cc(Cl)cc(Cl)c2)C(=O)O)cc1.O. The fourth-order valence-corrected chi connectivity index (χ4v) is 5.90. The summed E-state index contributed by atoms with van der Waals surface area (Å²) in [6.45, 7) is 2.51. The Morgan fingerprint density at radius 3 is 2.41 bits per heavy atom. The van der Waals surface area contributed by atoms with Gasteiger partial charge in [0, 0.05) is 29.9 Å². The lowest BCUT2D eigenvalue weighted by atomic mass is 10.1. The average molecular weight is 574 g/mol. The molecular formula is C24H29Cl2N3O7S. The van der Waals surface area contributed by atoms with E-state index < -0.39 is 34.9 Å². The molecule has 2 amide bonds. The average Bonchev–Trinajstić information content (AvgIpc) is 3.31. The van der Waals surface area contributed by atoms with Gasteiger partial charge in [-0.05, 0) is 48.7 Å². The maximum Gasteiger partial charge on any atom is 0.326 e. The number of hydrogen-bond donors (Lipinski definition) is 3. The minimum atomic E-state index is -1.68. The van der Waals surface area contributed by atoms with Crippen molar-refractivity contribution < 1.29 is 33.9 Å². The summed E-state index contributed by atoms with van der Waals surface area (Å²) in [5, 5.41) is 15.6. The number of aliphatic carboxylic acids is 1. The summed E-state index contributed by atoms with van der Waals surface area (Å²) in [7, 11) is -1.68. The highest BCUT2D eigenvalue weighted by molar-refractivity contribution is 7.82. The number of hydrogen-bond acceptors (Lipinski definition) is 5. The van der Waals surface area contributed by atoms with Gasteiger partial charge >= 0.3 is 5.97 Å². The predicted octanol–water partition coefficient (Wildman–Crippen LogP) is 1.98. The molecule has 1 fully saturated rings. The van der Waals surface area contributed by atoms with Gasteiger partial charge in [0.2, 0.25) is 11.8 Å². The number of nitrogens with one attached hydrogen (secondary N) is 2. The molecule has 0 spiro atoms. The van der Waals surface area contributed by atoms with Crippen molar-refractivity contribution in [1.82, 2.24) is 14.9 Å². The third kappa shape index (κ3) is 8.97. The lowest BCUT2D eigenvalue weighted by Crippen LogP contribution is -2.50. The first-order valence-corrected chi connectivity index (χ1v) is 13.1. The Bertz CT molecular complexity index is 1110. The Morgan fingerprint density at radius 2 is 1.81 bits per heavy atom. The van der Waals surface area contributed by atoms with Crippen LogP contribution in [0.4, 0.5) is 0 Å². The van der Waals surface area contributed by atoms with Crippen LogP contribution < -0.4 is 15.4 Å². The van der Waals surface area contributed by atoms with Crippen molar-refractivity contribution in [1.29, 1.82) is 0 Å². The van der Waals surface area contributed by atoms with E-state index in [1.165, 1.54) is 29.4 Å². The molecule has 1 aliphatic rings. The smallest absolute Gasteiger partial charge is 0.326 e. The molecule has 2 aromatic carbocycles. The van der Waals surface area contributed by atoms with Gasteiger partial charge < -0.3 is 26.0 Å². The van der Waals surface area contributed by atoms with Crippen LogP contribution in [0, 0.1) is 0 Å². The summed E-state index contributed by atoms with van der Waals surface area (Å²) < 4.78 is 20.2. The van der Waals surface area contributed by atoms with Crippen LogP contribution in [0.25, 0.3) is 0 Å². The highest BCUT2D eigenvalue weighted by Crippen LogP contribution is 2.27. The number of rotatable bonds is 11. The van der Waals surface area contributed by atoms with Gasteiger partial charge in [-0.25, -0.2) is 13.3 Å². The van der Waals surface area contributed by atoms with Crippen LogP contribution in [0.3, 0.4) is 0 Å². The number of ether oxygens (including phenoxy) is 1. The van der Waals surface area contributed by atoms with Crippen LogP contribution >= 0.6 is 23.2 Å². The van der Waals surface area contributed by atoms with E-state index in [4.69, 9.17) is 27.9 Å². The molecule has 10 nitrogen and oxygen atoms in total. The molecule has 1 saturated heterocycles. The fourth-order valence-electron chi connectivity index (χ4n) is 3.79. The number of nitrogens with zero attached hydrogens (tertiary/aromatic N) is 1. The van der Waals surface area contributed by atoms with E-state index in [0.29, 0.717) is 58.8 Å². The van der Waals surface area contributed by atoms with Crippen LogP contribution in [-0.4, -0.2) is 68.7 Å². The van der Waals surface area contributed by atoms with E-state index in [1.54, 1.807) is 24.3 Å². The molecule has 3 rings (SSSR count). The first kappa shape index (κ1) is 30.5. The minimum absolute atomic E-state index is 0. The molecule has 3 atom stereocenters. The molecule has 1 heterocycles. The van der Waals surface area contributed by atoms with E-state index in [9.17, 15) is 23.7 Å². The number of halogens is 2. The zero-order valence-corrected chi connectivity index (χ0v) is 22.4. The van der Waals surface area contributed by atoms with Crippen LogP contribution in [0.2, 0.25) is 10.0 Å². The van der Waals surface area contributed by atoms with Crippen molar-refractivity contribution in [3.05, 3.63) is 58.1 Å². The second-order valence-corrected chi connectivity index (χ2v) is 10.5. The van der Waals surface area contributed by atoms with Gasteiger partial charge in [-0.2, -0.15) is 0 Å². The topological polar surface area (TPSA) is 157 Å². The number of benzene rings is 2. The van der Waals surface area contributed by atoms with Crippen LogP contribution in [0.5, 0.6) is 5.75 Å². The molecule has 37 heavy (non-hydrogen) atoms. The summed E-state index contributed by atoms with van der Waals surface area (Å²) in [6.07, 6.45) is 1.15. The van der Waals surface area contributed by atoms with Crippen molar-refractivity contribution in [3.8, 4) is 5.75 Å². The van der Waals surface area contributed by atoms with Crippen molar-refractivity contribution in [2.24, 2.45) is 0 Å². The summed E-state index contributed by atoms with van der Waals surface area (Å²) in [5.74, 6) is -1.24. The van der Waals surface area contributed by atoms with E-state index in [0.717, 1.165) is 0 Å². The molecule has 1 unspecified atom stereocenters. The molecule has 0 aromatic heterocycles. The summed E-state index contributed by atoms with van der Waals surface area (Å²) in [5.41, 5.74) is 0.692. The Morgan fingerprint density at radius 1 is 1.16 bits per heavy atom. The van der Waals surface area contributed by atoms with Crippen molar-refractivity contribution in [2.75, 3.05) is 19.7 Å². The van der Waals surface area contributed by atoms with E-state index in [2.05, 4.69) is 10.6 Å². The molecule has 5 N–H and O–H groups in total. The lowest BCUT2D eigenvalue weighted by Gasteiger charge is -2.24. The predicted molar refractivity (Wildman–Crippen MR) is 140 cm³/mol. The lowest BCUT2D eigenvalue weighted by molar-refractivity contribution is -0.142. The Kier molecular flexibility index (Phi) is 11.8. The fraction of sp³-hybridized carbons (Fsp3) is 0.375. The van der Waals surface area contributed by atoms with E-state index >= 15 is 0 Å². The molecule has 13 heteroatoms. The van der Waals surface area contributed by atoms with Crippen LogP contribution in [-0.2, 0) is 31.8 Å². The molecule has 0 aliphatic carbocycles. The van der Waals surface area contributed by atoms with Crippen molar-refractivity contribution in [2.45, 2.75) is 43.2 Å². The third-order valence-corrected chi connectivity index (χ3v) is 7.42. The minimum Gasteiger partial charge on any atom is -0.492 e. The summed E-state index contributed by atoms with van der Waals surface area (Å²) in [6, 6.07) is 9.51. The second kappa shape index (κ2) is 14.3. The van der Waals surface area contributed by atoms with Gasteiger partial charge in [-0.15, -0.1) is 0 Å². The van der Waals surface area contributed by atoms with Gasteiger partial charge in [0.1, 0.15) is 35.4 Å². The first-order valence-electron chi connectivity index (χ1n) is 11.3. The number of carbonyl (C=O) groups is 3. The second-order valence-electron chi connectivity index (χ2n) is 8.23. The molecule has 0 saturated carbocycles. The Hall–Kier alpha value is -2.70. The monoisotopic (exact) mass is 573 g/mol. The van der Waals surface area contributed by atoms with Gasteiger partial charge in [0.25, 0.3) is 0 Å². The maximum atomic E-state index is 13.1. The molecule has 2 aromatic rings. The number of carboxylic acid groups (broad SMARTS) is 1. The van der Waals surface area contributed by atoms with Gasteiger partial charge in [0.05, 0.1) is 11.4 Å². The van der Waals surface area contributed by atoms with Gasteiger partial charge in [-0.1, -0.05) is 35.3 Å². The van der Waals surface area contributed by atoms with Crippen molar-refractivity contribution >= 4 is 52.0 Å². The summed E-state index contributed by atoms with van der Waals surface area (Å²) >= 11 is 12.1. The highest BCUT2D eigenvalue weighted by atomic mass is 35.5. The number of amides is 2. The molecule has 1 aliphatic heterocycles. The van der Waals surface area contributed by atoms with E-state index in [1.807, 2.05) is 0 Å². The molecule has 202 valence electrons. The first-order chi connectivity index (χ1) is 17.1. The Balaban J connectivity index is 0.00000481. The van der Waals surface area contributed by atoms with Crippen LogP contribution in [0.1, 0.15) is 25.3 Å². The standard InChI is InChI=1S/C24H27Cl2N3O6S.H2O/c1-15(30)27-8-10-35-19-6-4-16(5-7-19)11-21(24(32)33)28-23(31)22-3-2-9-29(22)36(34)20-13-17(25)12-18(26)14-20;/h4-7,12-14,21-22H,2-3,8-11H2,1H3,(H,27,30)(H,28,31)(H,32,33);1H2/t21-,22-,36?;/m0./s1. The highest BCUT2D eigenvalue weighted by Gasteiger charge is 2.36. The van der Waals surface area contributed by atoms with E-state index in [-0.39, 0.29) is 17.8 Å². The maximum absolute atomic E-state index is 13.1. The normalized spacial score (nSPS) is 16.8. The molecular weight excluding hydrogens is 545 g/mol. The largest absolute Gasteiger partial charge is 0.492 e. The van der Waals surface area contributed by atoms with Gasteiger partial charge in [0.15, 0.2) is 0 Å². The molecule has 0 bridgehead atoms. The number of carbonyl (C=O) groups excluding carboxylic acids is 2. The summed E-state index contributed by atoms with van der Waals surface area (Å²) in [4.78, 5) is 36.2. The van der Waals surface area contributed by atoms with Crippen LogP contribution in [0.15, 0.2) is 47.4 Å². The Labute approximate surface area is 227 Å². The quantitative estimate of drug-likeness (QED) is 0.349. The molecule has 0 radical (unpaired) electrons. The zero-order chi connectivity index (χ0) is 26.2. The number of carboxylic acids is 1. The van der Waals surface area contributed by atoms with Gasteiger partial charge in [-0.3, -0.25) is 9.59 Å².